The zero-order valence-corrected chi connectivity index (χ0v) is 13.6. The molecule has 0 bridgehead atoms. The van der Waals surface area contributed by atoms with Crippen molar-refractivity contribution in [3.05, 3.63) is 63.2 Å². The number of nitro benzene ring substituents is 1. The van der Waals surface area contributed by atoms with Gasteiger partial charge >= 0.3 is 0 Å². The van der Waals surface area contributed by atoms with Gasteiger partial charge in [-0.05, 0) is 43.2 Å². The number of hydrogen-bond acceptors (Lipinski definition) is 4. The van der Waals surface area contributed by atoms with E-state index in [4.69, 9.17) is 0 Å². The molecule has 0 fully saturated rings. The summed E-state index contributed by atoms with van der Waals surface area (Å²) in [5, 5.41) is 13.6. The topological polar surface area (TPSA) is 75.5 Å². The summed E-state index contributed by atoms with van der Waals surface area (Å²) in [6.07, 6.45) is 0. The van der Waals surface area contributed by atoms with Crippen molar-refractivity contribution >= 4 is 23.0 Å². The Bertz CT molecular complexity index is 770. The Hall–Kier alpha value is -2.89. The number of nitrogens with zero attached hydrogens (tertiary/aromatic N) is 2. The Kier molecular flexibility index (Phi) is 4.64. The SMILES string of the molecule is Cc1ccc([N+](=O)[O-])cc1NC(=O)c1ccc(N(C)C)c(C)c1. The molecule has 0 unspecified atom stereocenters. The highest BCUT2D eigenvalue weighted by Crippen LogP contribution is 2.24. The second kappa shape index (κ2) is 6.48. The lowest BCUT2D eigenvalue weighted by molar-refractivity contribution is -0.384. The fraction of sp³-hybridized carbons (Fsp3) is 0.235. The van der Waals surface area contributed by atoms with Crippen LogP contribution in [0.5, 0.6) is 0 Å². The maximum Gasteiger partial charge on any atom is 0.271 e. The highest BCUT2D eigenvalue weighted by Gasteiger charge is 2.13. The summed E-state index contributed by atoms with van der Waals surface area (Å²) >= 11 is 0. The van der Waals surface area contributed by atoms with Crippen LogP contribution in [0.1, 0.15) is 21.5 Å². The van der Waals surface area contributed by atoms with Crippen molar-refractivity contribution in [1.82, 2.24) is 0 Å². The molecule has 0 aromatic heterocycles. The number of anilines is 2. The van der Waals surface area contributed by atoms with Crippen LogP contribution in [0.25, 0.3) is 0 Å². The smallest absolute Gasteiger partial charge is 0.271 e. The second-order valence-electron chi connectivity index (χ2n) is 5.61. The van der Waals surface area contributed by atoms with Gasteiger partial charge in [0, 0.05) is 37.5 Å². The molecular weight excluding hydrogens is 294 g/mol. The minimum absolute atomic E-state index is 0.0509. The Morgan fingerprint density at radius 3 is 2.35 bits per heavy atom. The first-order valence-corrected chi connectivity index (χ1v) is 7.14. The van der Waals surface area contributed by atoms with E-state index in [9.17, 15) is 14.9 Å². The van der Waals surface area contributed by atoms with Crippen LogP contribution in [0, 0.1) is 24.0 Å². The molecule has 2 rings (SSSR count). The molecule has 120 valence electrons. The van der Waals surface area contributed by atoms with E-state index in [0.717, 1.165) is 16.8 Å². The number of hydrogen-bond donors (Lipinski definition) is 1. The van der Waals surface area contributed by atoms with Crippen molar-refractivity contribution in [3.63, 3.8) is 0 Å². The largest absolute Gasteiger partial charge is 0.377 e. The first-order chi connectivity index (χ1) is 10.8. The molecule has 6 nitrogen and oxygen atoms in total. The molecule has 2 aromatic rings. The predicted octanol–water partition coefficient (Wildman–Crippen LogP) is 3.53. The zero-order chi connectivity index (χ0) is 17.1. The van der Waals surface area contributed by atoms with Crippen LogP contribution in [0.15, 0.2) is 36.4 Å². The number of rotatable bonds is 4. The van der Waals surface area contributed by atoms with Gasteiger partial charge in [0.2, 0.25) is 0 Å². The molecule has 0 aliphatic carbocycles. The van der Waals surface area contributed by atoms with E-state index in [1.54, 1.807) is 25.1 Å². The fourth-order valence-corrected chi connectivity index (χ4v) is 2.35. The summed E-state index contributed by atoms with van der Waals surface area (Å²) in [6, 6.07) is 9.83. The van der Waals surface area contributed by atoms with Gasteiger partial charge in [0.15, 0.2) is 0 Å². The molecule has 0 heterocycles. The quantitative estimate of drug-likeness (QED) is 0.692. The van der Waals surface area contributed by atoms with Crippen molar-refractivity contribution in [1.29, 1.82) is 0 Å². The molecule has 0 aliphatic heterocycles. The molecule has 1 amide bonds. The number of non-ortho nitro benzene ring substituents is 1. The van der Waals surface area contributed by atoms with Crippen LogP contribution in [0.4, 0.5) is 17.1 Å². The van der Waals surface area contributed by atoms with E-state index in [0.29, 0.717) is 11.3 Å². The van der Waals surface area contributed by atoms with Gasteiger partial charge in [-0.1, -0.05) is 6.07 Å². The molecule has 0 spiro atoms. The molecule has 0 saturated heterocycles. The van der Waals surface area contributed by atoms with Gasteiger partial charge in [0.25, 0.3) is 11.6 Å². The van der Waals surface area contributed by atoms with E-state index < -0.39 is 4.92 Å². The van der Waals surface area contributed by atoms with Crippen LogP contribution in [0.2, 0.25) is 0 Å². The number of benzene rings is 2. The van der Waals surface area contributed by atoms with Gasteiger partial charge in [-0.15, -0.1) is 0 Å². The van der Waals surface area contributed by atoms with Gasteiger partial charge in [0.05, 0.1) is 10.6 Å². The fourth-order valence-electron chi connectivity index (χ4n) is 2.35. The lowest BCUT2D eigenvalue weighted by Crippen LogP contribution is -2.15. The molecule has 0 atom stereocenters. The molecule has 2 aromatic carbocycles. The maximum absolute atomic E-state index is 12.4. The second-order valence-corrected chi connectivity index (χ2v) is 5.61. The van der Waals surface area contributed by atoms with E-state index in [-0.39, 0.29) is 11.6 Å². The first-order valence-electron chi connectivity index (χ1n) is 7.14. The Morgan fingerprint density at radius 2 is 1.78 bits per heavy atom. The molecule has 0 aliphatic rings. The average molecular weight is 313 g/mol. The number of nitrogens with one attached hydrogen (secondary N) is 1. The van der Waals surface area contributed by atoms with E-state index in [2.05, 4.69) is 5.32 Å². The average Bonchev–Trinajstić information content (AvgIpc) is 2.48. The van der Waals surface area contributed by atoms with E-state index in [1.165, 1.54) is 12.1 Å². The van der Waals surface area contributed by atoms with Gasteiger partial charge in [-0.25, -0.2) is 0 Å². The normalized spacial score (nSPS) is 10.3. The molecule has 0 radical (unpaired) electrons. The Balaban J connectivity index is 2.27. The van der Waals surface area contributed by atoms with Crippen molar-refractivity contribution in [2.24, 2.45) is 0 Å². The van der Waals surface area contributed by atoms with Crippen LogP contribution < -0.4 is 10.2 Å². The minimum Gasteiger partial charge on any atom is -0.377 e. The number of carbonyl (C=O) groups is 1. The van der Waals surface area contributed by atoms with Crippen molar-refractivity contribution < 1.29 is 9.72 Å². The van der Waals surface area contributed by atoms with Crippen LogP contribution >= 0.6 is 0 Å². The highest BCUT2D eigenvalue weighted by molar-refractivity contribution is 6.05. The van der Waals surface area contributed by atoms with Crippen LogP contribution in [-0.4, -0.2) is 24.9 Å². The summed E-state index contributed by atoms with van der Waals surface area (Å²) in [6.45, 7) is 3.73. The molecule has 0 saturated carbocycles. The number of nitro groups is 1. The maximum atomic E-state index is 12.4. The van der Waals surface area contributed by atoms with Crippen molar-refractivity contribution in [3.8, 4) is 0 Å². The zero-order valence-electron chi connectivity index (χ0n) is 13.6. The molecular formula is C17H19N3O3. The minimum atomic E-state index is -0.481. The lowest BCUT2D eigenvalue weighted by Gasteiger charge is -2.16. The first kappa shape index (κ1) is 16.5. The Labute approximate surface area is 134 Å². The lowest BCUT2D eigenvalue weighted by atomic mass is 10.1. The van der Waals surface area contributed by atoms with Gasteiger partial charge < -0.3 is 10.2 Å². The number of amides is 1. The van der Waals surface area contributed by atoms with Crippen molar-refractivity contribution in [2.75, 3.05) is 24.3 Å². The summed E-state index contributed by atoms with van der Waals surface area (Å²) in [5.74, 6) is -0.290. The van der Waals surface area contributed by atoms with Gasteiger partial charge in [-0.3, -0.25) is 14.9 Å². The van der Waals surface area contributed by atoms with Crippen LogP contribution in [0.3, 0.4) is 0 Å². The summed E-state index contributed by atoms with van der Waals surface area (Å²) in [4.78, 5) is 24.7. The Morgan fingerprint density at radius 1 is 1.09 bits per heavy atom. The van der Waals surface area contributed by atoms with Crippen LogP contribution in [-0.2, 0) is 0 Å². The summed E-state index contributed by atoms with van der Waals surface area (Å²) < 4.78 is 0. The summed E-state index contributed by atoms with van der Waals surface area (Å²) in [5.41, 5.74) is 3.69. The van der Waals surface area contributed by atoms with E-state index in [1.807, 2.05) is 32.0 Å². The number of carbonyl (C=O) groups excluding carboxylic acids is 1. The molecule has 23 heavy (non-hydrogen) atoms. The third-order valence-electron chi connectivity index (χ3n) is 3.62. The molecule has 1 N–H and O–H groups in total. The number of aryl methyl sites for hydroxylation is 2. The monoisotopic (exact) mass is 313 g/mol. The standard InChI is InChI=1S/C17H19N3O3/c1-11-5-7-14(20(22)23)10-15(11)18-17(21)13-6-8-16(19(3)4)12(2)9-13/h5-10H,1-4H3,(H,18,21). The van der Waals surface area contributed by atoms with Gasteiger partial charge in [0.1, 0.15) is 0 Å². The predicted molar refractivity (Wildman–Crippen MR) is 91.3 cm³/mol. The third kappa shape index (κ3) is 3.66. The van der Waals surface area contributed by atoms with Gasteiger partial charge in [-0.2, -0.15) is 0 Å². The highest BCUT2D eigenvalue weighted by atomic mass is 16.6. The third-order valence-corrected chi connectivity index (χ3v) is 3.62. The molecule has 6 heteroatoms. The summed E-state index contributed by atoms with van der Waals surface area (Å²) in [7, 11) is 3.88. The van der Waals surface area contributed by atoms with Crippen molar-refractivity contribution in [2.45, 2.75) is 13.8 Å². The van der Waals surface area contributed by atoms with E-state index >= 15 is 0 Å².